The van der Waals surface area contributed by atoms with Gasteiger partial charge in [0.2, 0.25) is 0 Å². The molecule has 114 valence electrons. The Balaban J connectivity index is 2.02. The van der Waals surface area contributed by atoms with Crippen molar-refractivity contribution in [3.63, 3.8) is 0 Å². The van der Waals surface area contributed by atoms with Gasteiger partial charge in [-0.05, 0) is 68.6 Å². The lowest BCUT2D eigenvalue weighted by Gasteiger charge is -2.16. The first-order valence-electron chi connectivity index (χ1n) is 6.94. The molecule has 0 unspecified atom stereocenters. The maximum Gasteiger partial charge on any atom is 0.316 e. The number of hydrogen-bond acceptors (Lipinski definition) is 4. The van der Waals surface area contributed by atoms with Crippen LogP contribution < -0.4 is 4.74 Å². The highest BCUT2D eigenvalue weighted by atomic mass is 32.1. The van der Waals surface area contributed by atoms with Gasteiger partial charge in [-0.15, -0.1) is 11.3 Å². The molecule has 0 atom stereocenters. The van der Waals surface area contributed by atoms with Gasteiger partial charge in [0.15, 0.2) is 5.78 Å². The van der Waals surface area contributed by atoms with Gasteiger partial charge in [0.1, 0.15) is 5.75 Å². The summed E-state index contributed by atoms with van der Waals surface area (Å²) >= 11 is 1.58. The van der Waals surface area contributed by atoms with Crippen LogP contribution in [0, 0.1) is 5.41 Å². The van der Waals surface area contributed by atoms with Crippen molar-refractivity contribution < 1.29 is 14.3 Å². The largest absolute Gasteiger partial charge is 0.426 e. The van der Waals surface area contributed by atoms with Crippen LogP contribution in [0.1, 0.15) is 36.0 Å². The van der Waals surface area contributed by atoms with E-state index in [-0.39, 0.29) is 11.8 Å². The van der Waals surface area contributed by atoms with Crippen molar-refractivity contribution in [3.8, 4) is 5.75 Å². The minimum Gasteiger partial charge on any atom is -0.426 e. The maximum atomic E-state index is 12.0. The van der Waals surface area contributed by atoms with Crippen LogP contribution in [-0.4, -0.2) is 11.8 Å². The van der Waals surface area contributed by atoms with Crippen molar-refractivity contribution >= 4 is 29.2 Å². The number of carbonyl (C=O) groups is 2. The SMILES string of the molecule is CC(C)(C)C(=O)Oc1ccc(C(=O)C=Cc2cccs2)cc1. The van der Waals surface area contributed by atoms with Crippen LogP contribution in [0.2, 0.25) is 0 Å². The Morgan fingerprint density at radius 1 is 1.09 bits per heavy atom. The van der Waals surface area contributed by atoms with E-state index in [0.717, 1.165) is 4.88 Å². The van der Waals surface area contributed by atoms with Gasteiger partial charge in [0.05, 0.1) is 5.41 Å². The van der Waals surface area contributed by atoms with E-state index in [4.69, 9.17) is 4.74 Å². The molecule has 22 heavy (non-hydrogen) atoms. The lowest BCUT2D eigenvalue weighted by atomic mass is 9.97. The molecule has 3 nitrogen and oxygen atoms in total. The van der Waals surface area contributed by atoms with E-state index in [1.807, 2.05) is 17.5 Å². The number of allylic oxidation sites excluding steroid dienone is 1. The number of thiophene rings is 1. The molecule has 0 aliphatic heterocycles. The average molecular weight is 314 g/mol. The van der Waals surface area contributed by atoms with Crippen molar-refractivity contribution in [2.24, 2.45) is 5.41 Å². The van der Waals surface area contributed by atoms with E-state index in [9.17, 15) is 9.59 Å². The molecule has 0 N–H and O–H groups in total. The van der Waals surface area contributed by atoms with Gasteiger partial charge in [-0.2, -0.15) is 0 Å². The monoisotopic (exact) mass is 314 g/mol. The van der Waals surface area contributed by atoms with Gasteiger partial charge in [-0.25, -0.2) is 0 Å². The molecule has 0 amide bonds. The quantitative estimate of drug-likeness (QED) is 0.358. The highest BCUT2D eigenvalue weighted by Gasteiger charge is 2.23. The van der Waals surface area contributed by atoms with Gasteiger partial charge in [0, 0.05) is 10.4 Å². The van der Waals surface area contributed by atoms with E-state index >= 15 is 0 Å². The van der Waals surface area contributed by atoms with E-state index in [1.165, 1.54) is 0 Å². The van der Waals surface area contributed by atoms with Crippen LogP contribution in [0.25, 0.3) is 6.08 Å². The predicted octanol–water partition coefficient (Wildman–Crippen LogP) is 4.60. The second kappa shape index (κ2) is 6.71. The number of rotatable bonds is 4. The molecular weight excluding hydrogens is 296 g/mol. The van der Waals surface area contributed by atoms with Crippen molar-refractivity contribution in [2.45, 2.75) is 20.8 Å². The van der Waals surface area contributed by atoms with Crippen molar-refractivity contribution in [2.75, 3.05) is 0 Å². The fraction of sp³-hybridized carbons (Fsp3) is 0.222. The van der Waals surface area contributed by atoms with Gasteiger partial charge < -0.3 is 4.74 Å². The Labute approximate surface area is 134 Å². The lowest BCUT2D eigenvalue weighted by molar-refractivity contribution is -0.142. The summed E-state index contributed by atoms with van der Waals surface area (Å²) in [5.41, 5.74) is 0.00107. The Morgan fingerprint density at radius 2 is 1.77 bits per heavy atom. The highest BCUT2D eigenvalue weighted by Crippen LogP contribution is 2.20. The van der Waals surface area contributed by atoms with Crippen LogP contribution in [-0.2, 0) is 4.79 Å². The van der Waals surface area contributed by atoms with Gasteiger partial charge in [-0.1, -0.05) is 6.07 Å². The fourth-order valence-electron chi connectivity index (χ4n) is 1.59. The van der Waals surface area contributed by atoms with Crippen LogP contribution in [0.3, 0.4) is 0 Å². The van der Waals surface area contributed by atoms with Gasteiger partial charge >= 0.3 is 5.97 Å². The molecule has 0 fully saturated rings. The number of esters is 1. The van der Waals surface area contributed by atoms with Crippen molar-refractivity contribution in [1.29, 1.82) is 0 Å². The standard InChI is InChI=1S/C18H18O3S/c1-18(2,3)17(20)21-14-8-6-13(7-9-14)16(19)11-10-15-5-4-12-22-15/h4-12H,1-3H3. The number of ketones is 1. The minimum atomic E-state index is -0.558. The number of benzene rings is 1. The summed E-state index contributed by atoms with van der Waals surface area (Å²) in [5.74, 6) is 0.0602. The zero-order valence-corrected chi connectivity index (χ0v) is 13.6. The topological polar surface area (TPSA) is 43.4 Å². The molecule has 0 spiro atoms. The van der Waals surface area contributed by atoms with Gasteiger partial charge in [-0.3, -0.25) is 9.59 Å². The van der Waals surface area contributed by atoms with E-state index in [2.05, 4.69) is 0 Å². The molecule has 0 aliphatic rings. The van der Waals surface area contributed by atoms with E-state index in [1.54, 1.807) is 68.5 Å². The Bertz CT molecular complexity index is 674. The molecule has 1 aromatic heterocycles. The molecule has 2 rings (SSSR count). The van der Waals surface area contributed by atoms with Gasteiger partial charge in [0.25, 0.3) is 0 Å². The fourth-order valence-corrected chi connectivity index (χ4v) is 2.21. The normalized spacial score (nSPS) is 11.6. The molecular formula is C18H18O3S. The smallest absolute Gasteiger partial charge is 0.316 e. The Hall–Kier alpha value is -2.20. The first kappa shape index (κ1) is 16.2. The third-order valence-corrected chi connectivity index (χ3v) is 3.74. The molecule has 0 saturated carbocycles. The summed E-state index contributed by atoms with van der Waals surface area (Å²) in [5, 5.41) is 1.96. The second-order valence-electron chi connectivity index (χ2n) is 5.88. The molecule has 2 aromatic rings. The number of carbonyl (C=O) groups excluding carboxylic acids is 2. The van der Waals surface area contributed by atoms with Crippen LogP contribution in [0.15, 0.2) is 47.9 Å². The van der Waals surface area contributed by atoms with Crippen molar-refractivity contribution in [3.05, 3.63) is 58.3 Å². The molecule has 0 radical (unpaired) electrons. The Morgan fingerprint density at radius 3 is 2.32 bits per heavy atom. The number of ether oxygens (including phenoxy) is 1. The molecule has 1 aromatic carbocycles. The van der Waals surface area contributed by atoms with Crippen LogP contribution in [0.4, 0.5) is 0 Å². The molecule has 4 heteroatoms. The minimum absolute atomic E-state index is 0.0814. The first-order valence-corrected chi connectivity index (χ1v) is 7.82. The van der Waals surface area contributed by atoms with E-state index < -0.39 is 5.41 Å². The first-order chi connectivity index (χ1) is 10.4. The zero-order chi connectivity index (χ0) is 16.2. The third-order valence-electron chi connectivity index (χ3n) is 2.90. The van der Waals surface area contributed by atoms with Crippen LogP contribution >= 0.6 is 11.3 Å². The summed E-state index contributed by atoms with van der Waals surface area (Å²) in [4.78, 5) is 24.9. The molecule has 1 heterocycles. The second-order valence-corrected chi connectivity index (χ2v) is 6.86. The average Bonchev–Trinajstić information content (AvgIpc) is 2.98. The number of hydrogen-bond donors (Lipinski definition) is 0. The zero-order valence-electron chi connectivity index (χ0n) is 12.8. The van der Waals surface area contributed by atoms with Crippen LogP contribution in [0.5, 0.6) is 5.75 Å². The maximum absolute atomic E-state index is 12.0. The third kappa shape index (κ3) is 4.40. The van der Waals surface area contributed by atoms with E-state index in [0.29, 0.717) is 11.3 Å². The summed E-state index contributed by atoms with van der Waals surface area (Å²) < 4.78 is 5.27. The Kier molecular flexibility index (Phi) is 4.93. The predicted molar refractivity (Wildman–Crippen MR) is 89.2 cm³/mol. The molecule has 0 bridgehead atoms. The summed E-state index contributed by atoms with van der Waals surface area (Å²) in [6, 6.07) is 10.5. The summed E-state index contributed by atoms with van der Waals surface area (Å²) in [7, 11) is 0. The highest BCUT2D eigenvalue weighted by molar-refractivity contribution is 7.10. The molecule has 0 saturated heterocycles. The molecule has 0 aliphatic carbocycles. The lowest BCUT2D eigenvalue weighted by Crippen LogP contribution is -2.25. The summed E-state index contributed by atoms with van der Waals surface area (Å²) in [6.07, 6.45) is 3.34. The summed E-state index contributed by atoms with van der Waals surface area (Å²) in [6.45, 7) is 5.38. The van der Waals surface area contributed by atoms with Crippen molar-refractivity contribution in [1.82, 2.24) is 0 Å².